The van der Waals surface area contributed by atoms with Crippen LogP contribution < -0.4 is 21.3 Å². The summed E-state index contributed by atoms with van der Waals surface area (Å²) in [6, 6.07) is 6.85. The Balaban J connectivity index is 1.27. The zero-order valence-electron chi connectivity index (χ0n) is 18.3. The largest absolute Gasteiger partial charge is 0.397 e. The maximum atomic E-state index is 13.1. The van der Waals surface area contributed by atoms with Gasteiger partial charge in [-0.05, 0) is 49.9 Å². The lowest BCUT2D eigenvalue weighted by molar-refractivity contribution is 0.0936. The minimum absolute atomic E-state index is 0.0145. The Labute approximate surface area is 194 Å². The Morgan fingerprint density at radius 3 is 2.97 bits per heavy atom. The van der Waals surface area contributed by atoms with E-state index in [1.807, 2.05) is 36.1 Å². The lowest BCUT2D eigenvalue weighted by atomic mass is 9.91. The second kappa shape index (κ2) is 8.83. The number of carbonyl (C=O) groups is 1. The first kappa shape index (κ1) is 22.0. The smallest absolute Gasteiger partial charge is 0.263 e. The van der Waals surface area contributed by atoms with Crippen LogP contribution in [0.2, 0.25) is 0 Å². The third-order valence-electron chi connectivity index (χ3n) is 6.36. The summed E-state index contributed by atoms with van der Waals surface area (Å²) in [5.74, 6) is 0.564. The normalized spacial score (nSPS) is 20.8. The van der Waals surface area contributed by atoms with Crippen LogP contribution >= 0.6 is 11.3 Å². The molecule has 174 valence electrons. The molecular formula is C23H26F2N6OS. The van der Waals surface area contributed by atoms with Gasteiger partial charge in [-0.1, -0.05) is 6.07 Å². The van der Waals surface area contributed by atoms with E-state index in [0.29, 0.717) is 30.1 Å². The van der Waals surface area contributed by atoms with Crippen molar-refractivity contribution >= 4 is 39.0 Å². The van der Waals surface area contributed by atoms with Gasteiger partial charge in [0.25, 0.3) is 12.3 Å². The molecule has 0 spiro atoms. The molecule has 1 saturated heterocycles. The van der Waals surface area contributed by atoms with E-state index in [-0.39, 0.29) is 18.5 Å². The highest BCUT2D eigenvalue weighted by Gasteiger charge is 2.29. The van der Waals surface area contributed by atoms with Gasteiger partial charge in [0, 0.05) is 42.5 Å². The Kier molecular flexibility index (Phi) is 5.88. The van der Waals surface area contributed by atoms with Gasteiger partial charge >= 0.3 is 0 Å². The average molecular weight is 473 g/mol. The predicted octanol–water partition coefficient (Wildman–Crippen LogP) is 2.91. The lowest BCUT2D eigenvalue weighted by Gasteiger charge is -2.35. The van der Waals surface area contributed by atoms with Gasteiger partial charge in [0.15, 0.2) is 0 Å². The molecule has 4 heterocycles. The SMILES string of the molecule is Cc1ccc2c(N)c(C(=O)N[C@H]3CCc4nc(N5CCNC(C(F)F)C5)ccc4C3)sc2n1. The van der Waals surface area contributed by atoms with Crippen molar-refractivity contribution in [3.8, 4) is 0 Å². The van der Waals surface area contributed by atoms with E-state index < -0.39 is 12.5 Å². The number of pyridine rings is 2. The molecule has 1 amide bonds. The number of alkyl halides is 2. The van der Waals surface area contributed by atoms with E-state index in [0.717, 1.165) is 45.8 Å². The minimum atomic E-state index is -2.40. The average Bonchev–Trinajstić information content (AvgIpc) is 3.14. The van der Waals surface area contributed by atoms with Crippen LogP contribution in [-0.4, -0.2) is 54.0 Å². The number of fused-ring (bicyclic) bond motifs is 2. The number of thiophene rings is 1. The molecule has 1 fully saturated rings. The number of hydrogen-bond donors (Lipinski definition) is 3. The molecule has 5 rings (SSSR count). The van der Waals surface area contributed by atoms with Gasteiger partial charge in [-0.3, -0.25) is 4.79 Å². The predicted molar refractivity (Wildman–Crippen MR) is 126 cm³/mol. The van der Waals surface area contributed by atoms with Crippen molar-refractivity contribution < 1.29 is 13.6 Å². The molecule has 0 saturated carbocycles. The summed E-state index contributed by atoms with van der Waals surface area (Å²) in [5.41, 5.74) is 9.65. The molecule has 3 aromatic rings. The van der Waals surface area contributed by atoms with Crippen LogP contribution in [0.5, 0.6) is 0 Å². The van der Waals surface area contributed by atoms with E-state index in [1.54, 1.807) is 0 Å². The lowest BCUT2D eigenvalue weighted by Crippen LogP contribution is -2.54. The van der Waals surface area contributed by atoms with E-state index in [9.17, 15) is 13.6 Å². The van der Waals surface area contributed by atoms with Gasteiger partial charge in [-0.2, -0.15) is 0 Å². The Bertz CT molecular complexity index is 1200. The second-order valence-electron chi connectivity index (χ2n) is 8.68. The third kappa shape index (κ3) is 4.37. The summed E-state index contributed by atoms with van der Waals surface area (Å²) < 4.78 is 26.2. The molecule has 1 aliphatic carbocycles. The van der Waals surface area contributed by atoms with Crippen molar-refractivity contribution in [1.29, 1.82) is 0 Å². The summed E-state index contributed by atoms with van der Waals surface area (Å²) >= 11 is 1.32. The molecule has 7 nitrogen and oxygen atoms in total. The van der Waals surface area contributed by atoms with Crippen LogP contribution in [0.15, 0.2) is 24.3 Å². The van der Waals surface area contributed by atoms with Crippen LogP contribution in [0.1, 0.15) is 33.0 Å². The van der Waals surface area contributed by atoms with Gasteiger partial charge in [0.1, 0.15) is 15.5 Å². The standard InChI is InChI=1S/C23H26F2N6OS/c1-12-2-5-15-19(26)20(33-23(15)28-12)22(32)29-14-4-6-16-13(10-14)3-7-18(30-16)31-9-8-27-17(11-31)21(24)25/h2-3,5,7,14,17,21,27H,4,6,8-11,26H2,1H3,(H,29,32)/t14-,17?/m0/s1. The first-order chi connectivity index (χ1) is 15.9. The molecule has 2 aliphatic rings. The van der Waals surface area contributed by atoms with Crippen molar-refractivity contribution in [2.24, 2.45) is 0 Å². The molecule has 0 aromatic carbocycles. The van der Waals surface area contributed by atoms with Crippen molar-refractivity contribution in [2.75, 3.05) is 30.3 Å². The summed E-state index contributed by atoms with van der Waals surface area (Å²) in [4.78, 5) is 25.4. The molecule has 10 heteroatoms. The monoisotopic (exact) mass is 472 g/mol. The topological polar surface area (TPSA) is 96.2 Å². The first-order valence-corrected chi connectivity index (χ1v) is 11.9. The fraction of sp³-hybridized carbons (Fsp3) is 0.435. The fourth-order valence-corrected chi connectivity index (χ4v) is 5.61. The highest BCUT2D eigenvalue weighted by molar-refractivity contribution is 7.21. The Morgan fingerprint density at radius 1 is 1.30 bits per heavy atom. The zero-order chi connectivity index (χ0) is 23.1. The summed E-state index contributed by atoms with van der Waals surface area (Å²) in [7, 11) is 0. The van der Waals surface area contributed by atoms with Crippen LogP contribution in [-0.2, 0) is 12.8 Å². The van der Waals surface area contributed by atoms with E-state index >= 15 is 0 Å². The van der Waals surface area contributed by atoms with Crippen LogP contribution in [0.3, 0.4) is 0 Å². The number of carbonyl (C=O) groups excluding carboxylic acids is 1. The summed E-state index contributed by atoms with van der Waals surface area (Å²) in [6.07, 6.45) is -0.234. The van der Waals surface area contributed by atoms with Crippen LogP contribution in [0, 0.1) is 6.92 Å². The summed E-state index contributed by atoms with van der Waals surface area (Å²) in [6.45, 7) is 3.32. The Morgan fingerprint density at radius 2 is 2.15 bits per heavy atom. The summed E-state index contributed by atoms with van der Waals surface area (Å²) in [5, 5.41) is 6.79. The van der Waals surface area contributed by atoms with Gasteiger partial charge in [0.05, 0.1) is 11.7 Å². The Hall–Kier alpha value is -2.85. The number of hydrogen-bond acceptors (Lipinski definition) is 7. The van der Waals surface area contributed by atoms with Crippen molar-refractivity contribution in [1.82, 2.24) is 20.6 Å². The first-order valence-electron chi connectivity index (χ1n) is 11.1. The number of nitrogens with one attached hydrogen (secondary N) is 2. The number of aryl methyl sites for hydroxylation is 2. The molecule has 1 unspecified atom stereocenters. The number of halogens is 2. The van der Waals surface area contributed by atoms with Gasteiger partial charge in [0.2, 0.25) is 0 Å². The number of nitrogen functional groups attached to an aromatic ring is 1. The van der Waals surface area contributed by atoms with Crippen molar-refractivity contribution in [3.05, 3.63) is 46.1 Å². The van der Waals surface area contributed by atoms with Crippen LogP contribution in [0.25, 0.3) is 10.2 Å². The molecular weight excluding hydrogens is 446 g/mol. The molecule has 4 N–H and O–H groups in total. The molecule has 33 heavy (non-hydrogen) atoms. The number of aromatic nitrogens is 2. The second-order valence-corrected chi connectivity index (χ2v) is 9.68. The molecule has 3 aromatic heterocycles. The number of amides is 1. The maximum Gasteiger partial charge on any atom is 0.263 e. The molecule has 1 aliphatic heterocycles. The van der Waals surface area contributed by atoms with E-state index in [4.69, 9.17) is 10.7 Å². The number of anilines is 2. The highest BCUT2D eigenvalue weighted by Crippen LogP contribution is 2.33. The van der Waals surface area contributed by atoms with Crippen molar-refractivity contribution in [3.63, 3.8) is 0 Å². The molecule has 2 atom stereocenters. The molecule has 0 bridgehead atoms. The maximum absolute atomic E-state index is 13.1. The third-order valence-corrected chi connectivity index (χ3v) is 7.47. The number of piperazine rings is 1. The quantitative estimate of drug-likeness (QED) is 0.540. The van der Waals surface area contributed by atoms with Crippen molar-refractivity contribution in [2.45, 2.75) is 44.7 Å². The van der Waals surface area contributed by atoms with Crippen LogP contribution in [0.4, 0.5) is 20.3 Å². The number of nitrogens with two attached hydrogens (primary N) is 1. The number of rotatable bonds is 4. The van der Waals surface area contributed by atoms with E-state index in [1.165, 1.54) is 11.3 Å². The van der Waals surface area contributed by atoms with Gasteiger partial charge in [-0.25, -0.2) is 18.7 Å². The minimum Gasteiger partial charge on any atom is -0.397 e. The highest BCUT2D eigenvalue weighted by atomic mass is 32.1. The van der Waals surface area contributed by atoms with Gasteiger partial charge < -0.3 is 21.3 Å². The fourth-order valence-electron chi connectivity index (χ4n) is 4.56. The number of nitrogens with zero attached hydrogens (tertiary/aromatic N) is 3. The zero-order valence-corrected chi connectivity index (χ0v) is 19.1. The van der Waals surface area contributed by atoms with Gasteiger partial charge in [-0.15, -0.1) is 11.3 Å². The van der Waals surface area contributed by atoms with E-state index in [2.05, 4.69) is 15.6 Å². The molecule has 0 radical (unpaired) electrons.